The van der Waals surface area contributed by atoms with Gasteiger partial charge in [-0.05, 0) is 54.8 Å². The summed E-state index contributed by atoms with van der Waals surface area (Å²) in [4.78, 5) is 18.8. The molecule has 148 valence electrons. The Bertz CT molecular complexity index is 663. The molecule has 6 heteroatoms. The van der Waals surface area contributed by atoms with Gasteiger partial charge in [0.15, 0.2) is 5.29 Å². The van der Waals surface area contributed by atoms with Crippen LogP contribution in [0.25, 0.3) is 0 Å². The van der Waals surface area contributed by atoms with Crippen molar-refractivity contribution in [3.8, 4) is 0 Å². The van der Waals surface area contributed by atoms with E-state index in [1.807, 2.05) is 39.0 Å². The van der Waals surface area contributed by atoms with Crippen molar-refractivity contribution < 1.29 is 4.79 Å². The molecule has 0 unspecified atom stereocenters. The number of hydrogen-bond acceptors (Lipinski definition) is 3. The summed E-state index contributed by atoms with van der Waals surface area (Å²) in [5.41, 5.74) is 2.26. The third kappa shape index (κ3) is 6.98. The van der Waals surface area contributed by atoms with Crippen LogP contribution in [0.2, 0.25) is 0 Å². The molecular weight excluding hydrogens is 360 g/mol. The molecular formula is C21H31ClN4O. The second-order valence-corrected chi connectivity index (χ2v) is 8.05. The number of allylic oxidation sites excluding steroid dienone is 1. The summed E-state index contributed by atoms with van der Waals surface area (Å²) in [6.07, 6.45) is 9.76. The normalized spacial score (nSPS) is 15.7. The summed E-state index contributed by atoms with van der Waals surface area (Å²) in [7, 11) is 0. The van der Waals surface area contributed by atoms with E-state index in [1.54, 1.807) is 11.1 Å². The van der Waals surface area contributed by atoms with E-state index in [0.29, 0.717) is 24.7 Å². The molecule has 2 rings (SSSR count). The number of pyridine rings is 1. The lowest BCUT2D eigenvalue weighted by atomic mass is 9.89. The van der Waals surface area contributed by atoms with Crippen molar-refractivity contribution in [1.82, 2.24) is 15.2 Å². The topological polar surface area (TPSA) is 69.1 Å². The van der Waals surface area contributed by atoms with Crippen molar-refractivity contribution in [2.24, 2.45) is 11.8 Å². The van der Waals surface area contributed by atoms with Crippen molar-refractivity contribution in [1.29, 1.82) is 5.41 Å². The minimum atomic E-state index is -0.171. The van der Waals surface area contributed by atoms with Crippen LogP contribution >= 0.6 is 11.6 Å². The van der Waals surface area contributed by atoms with E-state index in [2.05, 4.69) is 10.3 Å². The highest BCUT2D eigenvalue weighted by molar-refractivity contribution is 6.64. The van der Waals surface area contributed by atoms with Gasteiger partial charge in [-0.15, -0.1) is 0 Å². The Kier molecular flexibility index (Phi) is 8.29. The second-order valence-electron chi connectivity index (χ2n) is 7.69. The Balaban J connectivity index is 2.13. The van der Waals surface area contributed by atoms with Crippen LogP contribution in [0.15, 0.2) is 30.1 Å². The number of nitrogens with one attached hydrogen (secondary N) is 2. The zero-order valence-electron chi connectivity index (χ0n) is 16.6. The molecule has 0 saturated heterocycles. The van der Waals surface area contributed by atoms with Crippen molar-refractivity contribution in [3.05, 3.63) is 41.4 Å². The first-order valence-electron chi connectivity index (χ1n) is 9.80. The van der Waals surface area contributed by atoms with Crippen molar-refractivity contribution in [2.75, 3.05) is 6.54 Å². The largest absolute Gasteiger partial charge is 0.350 e. The van der Waals surface area contributed by atoms with Crippen LogP contribution in [0.5, 0.6) is 0 Å². The number of halogens is 1. The molecule has 1 aliphatic carbocycles. The highest BCUT2D eigenvalue weighted by atomic mass is 35.5. The lowest BCUT2D eigenvalue weighted by Crippen LogP contribution is -2.39. The van der Waals surface area contributed by atoms with Gasteiger partial charge < -0.3 is 10.2 Å². The van der Waals surface area contributed by atoms with Crippen molar-refractivity contribution in [2.45, 2.75) is 59.4 Å². The van der Waals surface area contributed by atoms with Crippen molar-refractivity contribution >= 4 is 22.8 Å². The van der Waals surface area contributed by atoms with Crippen LogP contribution in [0.4, 0.5) is 0 Å². The van der Waals surface area contributed by atoms with Crippen LogP contribution in [-0.4, -0.2) is 27.6 Å². The molecule has 5 nitrogen and oxygen atoms in total. The molecule has 27 heavy (non-hydrogen) atoms. The zero-order chi connectivity index (χ0) is 19.8. The number of hydrogen-bond donors (Lipinski definition) is 2. The number of aromatic nitrogens is 1. The molecule has 1 amide bonds. The van der Waals surface area contributed by atoms with Gasteiger partial charge in [0, 0.05) is 18.4 Å². The molecule has 0 spiro atoms. The Labute approximate surface area is 167 Å². The molecule has 0 radical (unpaired) electrons. The van der Waals surface area contributed by atoms with Crippen molar-refractivity contribution in [3.63, 3.8) is 0 Å². The summed E-state index contributed by atoms with van der Waals surface area (Å²) in [5, 5.41) is 10.9. The van der Waals surface area contributed by atoms with Crippen LogP contribution in [0.3, 0.4) is 0 Å². The number of carbonyl (C=O) groups is 1. The van der Waals surface area contributed by atoms with Gasteiger partial charge in [0.25, 0.3) is 5.91 Å². The van der Waals surface area contributed by atoms with Crippen LogP contribution in [-0.2, 0) is 11.3 Å². The van der Waals surface area contributed by atoms with Crippen LogP contribution in [0.1, 0.15) is 57.2 Å². The van der Waals surface area contributed by atoms with Gasteiger partial charge in [-0.2, -0.15) is 0 Å². The highest BCUT2D eigenvalue weighted by Crippen LogP contribution is 2.23. The molecule has 1 heterocycles. The second kappa shape index (κ2) is 10.5. The van der Waals surface area contributed by atoms with E-state index in [-0.39, 0.29) is 17.1 Å². The maximum Gasteiger partial charge on any atom is 0.267 e. The van der Waals surface area contributed by atoms with Gasteiger partial charge >= 0.3 is 0 Å². The van der Waals surface area contributed by atoms with Gasteiger partial charge in [0.2, 0.25) is 0 Å². The molecule has 0 bridgehead atoms. The number of carbonyl (C=O) groups excluding carboxylic acids is 1. The minimum absolute atomic E-state index is 0.162. The van der Waals surface area contributed by atoms with E-state index in [9.17, 15) is 4.79 Å². The third-order valence-electron chi connectivity index (χ3n) is 4.84. The Morgan fingerprint density at radius 3 is 2.63 bits per heavy atom. The number of rotatable bonds is 7. The smallest absolute Gasteiger partial charge is 0.267 e. The summed E-state index contributed by atoms with van der Waals surface area (Å²) >= 11 is 6.06. The molecule has 0 atom stereocenters. The first-order valence-corrected chi connectivity index (χ1v) is 10.2. The maximum absolute atomic E-state index is 12.9. The number of nitrogens with zero attached hydrogens (tertiary/aromatic N) is 2. The average Bonchev–Trinajstić information content (AvgIpc) is 2.64. The minimum Gasteiger partial charge on any atom is -0.350 e. The van der Waals surface area contributed by atoms with E-state index in [0.717, 1.165) is 11.3 Å². The first kappa shape index (κ1) is 21.4. The van der Waals surface area contributed by atoms with Gasteiger partial charge in [-0.1, -0.05) is 45.3 Å². The fourth-order valence-corrected chi connectivity index (χ4v) is 3.51. The Morgan fingerprint density at radius 1 is 1.37 bits per heavy atom. The monoisotopic (exact) mass is 390 g/mol. The number of aryl methyl sites for hydroxylation is 1. The number of amides is 1. The van der Waals surface area contributed by atoms with E-state index < -0.39 is 0 Å². The maximum atomic E-state index is 12.9. The molecule has 1 aliphatic rings. The van der Waals surface area contributed by atoms with Crippen LogP contribution < -0.4 is 5.32 Å². The standard InChI is InChI=1S/C21H31ClN4O/c1-15(2)11-19(20(27)25-12-17-7-5-4-6-8-17)26(21(22)23)14-18-10-9-16(3)24-13-18/h9-11,13,15,17,23H,4-8,12,14H2,1-3H3,(H,25,27)/b19-11+,23-21?. The van der Waals surface area contributed by atoms with Gasteiger partial charge in [-0.25, -0.2) is 0 Å². The summed E-state index contributed by atoms with van der Waals surface area (Å²) < 4.78 is 0. The van der Waals surface area contributed by atoms with Gasteiger partial charge in [0.1, 0.15) is 5.70 Å². The molecule has 1 fully saturated rings. The fraction of sp³-hybridized carbons (Fsp3) is 0.571. The summed E-state index contributed by atoms with van der Waals surface area (Å²) in [5.74, 6) is 0.544. The third-order valence-corrected chi connectivity index (χ3v) is 5.04. The van der Waals surface area contributed by atoms with Crippen LogP contribution in [0, 0.1) is 24.2 Å². The van der Waals surface area contributed by atoms with E-state index in [4.69, 9.17) is 17.0 Å². The average molecular weight is 391 g/mol. The zero-order valence-corrected chi connectivity index (χ0v) is 17.4. The number of amidine groups is 1. The van der Waals surface area contributed by atoms with E-state index >= 15 is 0 Å². The highest BCUT2D eigenvalue weighted by Gasteiger charge is 2.23. The molecule has 0 aromatic carbocycles. The lowest BCUT2D eigenvalue weighted by Gasteiger charge is -2.27. The molecule has 0 aliphatic heterocycles. The lowest BCUT2D eigenvalue weighted by molar-refractivity contribution is -0.118. The first-order chi connectivity index (χ1) is 12.9. The fourth-order valence-electron chi connectivity index (χ4n) is 3.36. The van der Waals surface area contributed by atoms with E-state index in [1.165, 1.54) is 32.1 Å². The van der Waals surface area contributed by atoms with Gasteiger partial charge in [-0.3, -0.25) is 15.2 Å². The molecule has 1 saturated carbocycles. The summed E-state index contributed by atoms with van der Waals surface area (Å²) in [6.45, 7) is 6.97. The Morgan fingerprint density at radius 2 is 2.07 bits per heavy atom. The SMILES string of the molecule is Cc1ccc(CN(C(=N)Cl)/C(=C/C(C)C)C(=O)NCC2CCCCC2)cn1. The predicted molar refractivity (Wildman–Crippen MR) is 111 cm³/mol. The predicted octanol–water partition coefficient (Wildman–Crippen LogP) is 4.60. The van der Waals surface area contributed by atoms with Gasteiger partial charge in [0.05, 0.1) is 6.54 Å². The molecule has 1 aromatic heterocycles. The molecule has 2 N–H and O–H groups in total. The quantitative estimate of drug-likeness (QED) is 0.309. The summed E-state index contributed by atoms with van der Waals surface area (Å²) in [6, 6.07) is 3.86. The Hall–Kier alpha value is -1.88. The molecule has 1 aromatic rings.